The van der Waals surface area contributed by atoms with E-state index < -0.39 is 5.97 Å². The van der Waals surface area contributed by atoms with Crippen molar-refractivity contribution in [2.24, 2.45) is 0 Å². The maximum atomic E-state index is 12.0. The molecule has 2 N–H and O–H groups in total. The number of benzene rings is 1. The molecule has 0 unspecified atom stereocenters. The zero-order chi connectivity index (χ0) is 14.3. The third kappa shape index (κ3) is 4.99. The first-order chi connectivity index (χ1) is 9.02. The molecule has 0 atom stereocenters. The van der Waals surface area contributed by atoms with Crippen molar-refractivity contribution >= 4 is 11.9 Å². The van der Waals surface area contributed by atoms with Gasteiger partial charge in [0.25, 0.3) is 5.91 Å². The lowest BCUT2D eigenvalue weighted by Crippen LogP contribution is -2.27. The number of aliphatic carboxylic acids is 1. The van der Waals surface area contributed by atoms with Gasteiger partial charge in [0.05, 0.1) is 5.56 Å². The molecule has 1 amide bonds. The van der Waals surface area contributed by atoms with E-state index in [4.69, 9.17) is 5.11 Å². The minimum Gasteiger partial charge on any atom is -0.507 e. The van der Waals surface area contributed by atoms with Crippen LogP contribution in [0, 0.1) is 0 Å². The van der Waals surface area contributed by atoms with Gasteiger partial charge in [-0.3, -0.25) is 9.59 Å². The lowest BCUT2D eigenvalue weighted by Gasteiger charge is -2.17. The van der Waals surface area contributed by atoms with Crippen molar-refractivity contribution in [1.82, 2.24) is 4.90 Å². The van der Waals surface area contributed by atoms with Crippen LogP contribution in [0.1, 0.15) is 36.0 Å². The molecule has 0 bridgehead atoms. The number of aromatic hydroxyl groups is 1. The van der Waals surface area contributed by atoms with Gasteiger partial charge in [-0.05, 0) is 25.0 Å². The summed E-state index contributed by atoms with van der Waals surface area (Å²) in [7, 11) is 1.67. The summed E-state index contributed by atoms with van der Waals surface area (Å²) in [4.78, 5) is 23.9. The summed E-state index contributed by atoms with van der Waals surface area (Å²) in [6, 6.07) is 6.43. The first-order valence-electron chi connectivity index (χ1n) is 6.27. The average molecular weight is 265 g/mol. The van der Waals surface area contributed by atoms with Crippen LogP contribution in [0.3, 0.4) is 0 Å². The highest BCUT2D eigenvalue weighted by Crippen LogP contribution is 2.17. The Kier molecular flexibility index (Phi) is 5.85. The summed E-state index contributed by atoms with van der Waals surface area (Å²) in [5, 5.41) is 18.1. The second-order valence-electron chi connectivity index (χ2n) is 4.45. The number of hydrogen-bond acceptors (Lipinski definition) is 3. The Morgan fingerprint density at radius 1 is 1.16 bits per heavy atom. The Labute approximate surface area is 112 Å². The van der Waals surface area contributed by atoms with E-state index in [9.17, 15) is 14.7 Å². The highest BCUT2D eigenvalue weighted by atomic mass is 16.4. The molecule has 0 spiro atoms. The van der Waals surface area contributed by atoms with E-state index in [-0.39, 0.29) is 23.6 Å². The fraction of sp³-hybridized carbons (Fsp3) is 0.429. The topological polar surface area (TPSA) is 77.8 Å². The van der Waals surface area contributed by atoms with E-state index in [0.717, 1.165) is 12.8 Å². The first-order valence-corrected chi connectivity index (χ1v) is 6.27. The van der Waals surface area contributed by atoms with Gasteiger partial charge in [-0.15, -0.1) is 0 Å². The van der Waals surface area contributed by atoms with Crippen LogP contribution in [0.4, 0.5) is 0 Å². The maximum Gasteiger partial charge on any atom is 0.303 e. The summed E-state index contributed by atoms with van der Waals surface area (Å²) < 4.78 is 0. The quantitative estimate of drug-likeness (QED) is 0.740. The number of carboxylic acids is 1. The number of carbonyl (C=O) groups is 2. The van der Waals surface area contributed by atoms with Crippen LogP contribution < -0.4 is 0 Å². The number of rotatable bonds is 7. The number of nitrogens with zero attached hydrogens (tertiary/aromatic N) is 1. The maximum absolute atomic E-state index is 12.0. The summed E-state index contributed by atoms with van der Waals surface area (Å²) in [6.07, 6.45) is 2.30. The van der Waals surface area contributed by atoms with Gasteiger partial charge in [-0.1, -0.05) is 18.6 Å². The molecule has 0 radical (unpaired) electrons. The van der Waals surface area contributed by atoms with Gasteiger partial charge in [-0.25, -0.2) is 0 Å². The minimum absolute atomic E-state index is 0.0229. The van der Waals surface area contributed by atoms with Crippen molar-refractivity contribution in [3.05, 3.63) is 29.8 Å². The molecule has 0 heterocycles. The van der Waals surface area contributed by atoms with Crippen LogP contribution in [0.25, 0.3) is 0 Å². The van der Waals surface area contributed by atoms with E-state index >= 15 is 0 Å². The van der Waals surface area contributed by atoms with Gasteiger partial charge in [-0.2, -0.15) is 0 Å². The van der Waals surface area contributed by atoms with Crippen LogP contribution in [-0.4, -0.2) is 40.6 Å². The number of hydrogen-bond donors (Lipinski definition) is 2. The van der Waals surface area contributed by atoms with Crippen molar-refractivity contribution < 1.29 is 19.8 Å². The number of amides is 1. The van der Waals surface area contributed by atoms with E-state index in [1.54, 1.807) is 25.2 Å². The van der Waals surface area contributed by atoms with Gasteiger partial charge in [0.1, 0.15) is 5.75 Å². The second-order valence-corrected chi connectivity index (χ2v) is 4.45. The van der Waals surface area contributed by atoms with Gasteiger partial charge >= 0.3 is 5.97 Å². The van der Waals surface area contributed by atoms with Gasteiger partial charge in [0.2, 0.25) is 0 Å². The van der Waals surface area contributed by atoms with Crippen molar-refractivity contribution in [2.45, 2.75) is 25.7 Å². The third-order valence-electron chi connectivity index (χ3n) is 2.87. The Morgan fingerprint density at radius 2 is 1.84 bits per heavy atom. The largest absolute Gasteiger partial charge is 0.507 e. The number of phenols is 1. The molecule has 0 aromatic heterocycles. The van der Waals surface area contributed by atoms with Gasteiger partial charge in [0, 0.05) is 20.0 Å². The summed E-state index contributed by atoms with van der Waals surface area (Å²) in [5.74, 6) is -1.04. The summed E-state index contributed by atoms with van der Waals surface area (Å²) in [6.45, 7) is 0.548. The van der Waals surface area contributed by atoms with E-state index in [0.29, 0.717) is 13.0 Å². The van der Waals surface area contributed by atoms with Crippen LogP contribution >= 0.6 is 0 Å². The molecule has 5 nitrogen and oxygen atoms in total. The van der Waals surface area contributed by atoms with Crippen LogP contribution in [0.2, 0.25) is 0 Å². The Bertz CT molecular complexity index is 445. The molecule has 0 saturated heterocycles. The third-order valence-corrected chi connectivity index (χ3v) is 2.87. The lowest BCUT2D eigenvalue weighted by atomic mass is 10.1. The number of carbonyl (C=O) groups excluding carboxylic acids is 1. The zero-order valence-electron chi connectivity index (χ0n) is 11.0. The average Bonchev–Trinajstić information content (AvgIpc) is 2.37. The molecule has 104 valence electrons. The predicted octanol–water partition coefficient (Wildman–Crippen LogP) is 2.11. The normalized spacial score (nSPS) is 10.2. The number of para-hydroxylation sites is 1. The lowest BCUT2D eigenvalue weighted by molar-refractivity contribution is -0.137. The Morgan fingerprint density at radius 3 is 2.47 bits per heavy atom. The van der Waals surface area contributed by atoms with Crippen molar-refractivity contribution in [3.63, 3.8) is 0 Å². The molecule has 0 aliphatic rings. The monoisotopic (exact) mass is 265 g/mol. The standard InChI is InChI=1S/C14H19NO4/c1-15(10-6-2-3-9-13(17)18)14(19)11-7-4-5-8-12(11)16/h4-5,7-8,16H,2-3,6,9-10H2,1H3,(H,17,18). The smallest absolute Gasteiger partial charge is 0.303 e. The Balaban J connectivity index is 2.37. The second kappa shape index (κ2) is 7.41. The number of unbranched alkanes of at least 4 members (excludes halogenated alkanes) is 2. The fourth-order valence-corrected chi connectivity index (χ4v) is 1.76. The fourth-order valence-electron chi connectivity index (χ4n) is 1.76. The summed E-state index contributed by atoms with van der Waals surface area (Å²) >= 11 is 0. The number of phenolic OH excluding ortho intramolecular Hbond substituents is 1. The van der Waals surface area contributed by atoms with Gasteiger partial charge in [0.15, 0.2) is 0 Å². The van der Waals surface area contributed by atoms with E-state index in [1.165, 1.54) is 11.0 Å². The highest BCUT2D eigenvalue weighted by molar-refractivity contribution is 5.96. The molecule has 1 aromatic carbocycles. The van der Waals surface area contributed by atoms with Gasteiger partial charge < -0.3 is 15.1 Å². The SMILES string of the molecule is CN(CCCCCC(=O)O)C(=O)c1ccccc1O. The Hall–Kier alpha value is -2.04. The molecular formula is C14H19NO4. The number of carboxylic acid groups (broad SMARTS) is 1. The molecule has 1 rings (SSSR count). The van der Waals surface area contributed by atoms with E-state index in [2.05, 4.69) is 0 Å². The molecule has 1 aromatic rings. The molecule has 0 aliphatic carbocycles. The summed E-state index contributed by atoms with van der Waals surface area (Å²) in [5.41, 5.74) is 0.288. The molecule has 0 fully saturated rings. The van der Waals surface area contributed by atoms with Crippen molar-refractivity contribution in [1.29, 1.82) is 0 Å². The van der Waals surface area contributed by atoms with E-state index in [1.807, 2.05) is 0 Å². The van der Waals surface area contributed by atoms with Crippen LogP contribution in [-0.2, 0) is 4.79 Å². The first kappa shape index (κ1) is 15.0. The van der Waals surface area contributed by atoms with Crippen LogP contribution in [0.5, 0.6) is 5.75 Å². The minimum atomic E-state index is -0.793. The molecule has 5 heteroatoms. The zero-order valence-corrected chi connectivity index (χ0v) is 11.0. The predicted molar refractivity (Wildman–Crippen MR) is 71.2 cm³/mol. The molecular weight excluding hydrogens is 246 g/mol. The van der Waals surface area contributed by atoms with Crippen molar-refractivity contribution in [2.75, 3.05) is 13.6 Å². The molecule has 19 heavy (non-hydrogen) atoms. The van der Waals surface area contributed by atoms with Crippen LogP contribution in [0.15, 0.2) is 24.3 Å². The van der Waals surface area contributed by atoms with Crippen molar-refractivity contribution in [3.8, 4) is 5.75 Å². The highest BCUT2D eigenvalue weighted by Gasteiger charge is 2.14. The molecule has 0 saturated carbocycles. The molecule has 0 aliphatic heterocycles.